The SMILES string of the molecule is Cc1ccccc1N1CCN(C(=O)C(C)C)CC1. The summed E-state index contributed by atoms with van der Waals surface area (Å²) in [7, 11) is 0. The van der Waals surface area contributed by atoms with Gasteiger partial charge in [0.05, 0.1) is 0 Å². The molecule has 1 heterocycles. The maximum absolute atomic E-state index is 11.9. The van der Waals surface area contributed by atoms with E-state index in [1.54, 1.807) is 0 Å². The summed E-state index contributed by atoms with van der Waals surface area (Å²) in [6.45, 7) is 9.62. The molecular formula is C15H22N2O. The number of hydrogen-bond donors (Lipinski definition) is 0. The van der Waals surface area contributed by atoms with E-state index in [9.17, 15) is 4.79 Å². The summed E-state index contributed by atoms with van der Waals surface area (Å²) in [5.41, 5.74) is 2.61. The van der Waals surface area contributed by atoms with Crippen molar-refractivity contribution in [2.24, 2.45) is 5.92 Å². The van der Waals surface area contributed by atoms with Gasteiger partial charge in [0, 0.05) is 37.8 Å². The van der Waals surface area contributed by atoms with Crippen molar-refractivity contribution in [3.8, 4) is 0 Å². The molecule has 0 bridgehead atoms. The van der Waals surface area contributed by atoms with Crippen LogP contribution in [0.2, 0.25) is 0 Å². The second-order valence-electron chi connectivity index (χ2n) is 5.25. The highest BCUT2D eigenvalue weighted by Crippen LogP contribution is 2.21. The quantitative estimate of drug-likeness (QED) is 0.799. The van der Waals surface area contributed by atoms with Gasteiger partial charge < -0.3 is 9.80 Å². The lowest BCUT2D eigenvalue weighted by Crippen LogP contribution is -2.50. The fourth-order valence-corrected chi connectivity index (χ4v) is 2.45. The summed E-state index contributed by atoms with van der Waals surface area (Å²) < 4.78 is 0. The summed E-state index contributed by atoms with van der Waals surface area (Å²) in [5, 5.41) is 0. The molecular weight excluding hydrogens is 224 g/mol. The predicted molar refractivity (Wildman–Crippen MR) is 74.8 cm³/mol. The summed E-state index contributed by atoms with van der Waals surface area (Å²) in [5.74, 6) is 0.384. The Morgan fingerprint density at radius 1 is 1.11 bits per heavy atom. The molecule has 98 valence electrons. The number of para-hydroxylation sites is 1. The third-order valence-electron chi connectivity index (χ3n) is 3.54. The van der Waals surface area contributed by atoms with Gasteiger partial charge in [0.15, 0.2) is 0 Å². The second-order valence-corrected chi connectivity index (χ2v) is 5.25. The Morgan fingerprint density at radius 3 is 2.28 bits per heavy atom. The van der Waals surface area contributed by atoms with Crippen molar-refractivity contribution in [3.63, 3.8) is 0 Å². The van der Waals surface area contributed by atoms with Gasteiger partial charge in [-0.25, -0.2) is 0 Å². The van der Waals surface area contributed by atoms with Crippen LogP contribution in [0.4, 0.5) is 5.69 Å². The van der Waals surface area contributed by atoms with Gasteiger partial charge in [0.2, 0.25) is 5.91 Å². The van der Waals surface area contributed by atoms with Crippen molar-refractivity contribution in [2.45, 2.75) is 20.8 Å². The lowest BCUT2D eigenvalue weighted by Gasteiger charge is -2.37. The van der Waals surface area contributed by atoms with Gasteiger partial charge in [-0.2, -0.15) is 0 Å². The first-order valence-corrected chi connectivity index (χ1v) is 6.69. The molecule has 3 nitrogen and oxygen atoms in total. The molecule has 0 unspecified atom stereocenters. The first kappa shape index (κ1) is 12.9. The fourth-order valence-electron chi connectivity index (χ4n) is 2.45. The molecule has 1 aromatic rings. The number of anilines is 1. The number of piperazine rings is 1. The highest BCUT2D eigenvalue weighted by atomic mass is 16.2. The summed E-state index contributed by atoms with van der Waals surface area (Å²) >= 11 is 0. The molecule has 0 N–H and O–H groups in total. The lowest BCUT2D eigenvalue weighted by molar-refractivity contribution is -0.134. The van der Waals surface area contributed by atoms with E-state index in [0.29, 0.717) is 0 Å². The molecule has 0 radical (unpaired) electrons. The molecule has 0 saturated carbocycles. The summed E-state index contributed by atoms with van der Waals surface area (Å²) in [6.07, 6.45) is 0. The minimum Gasteiger partial charge on any atom is -0.368 e. The molecule has 1 aliphatic rings. The van der Waals surface area contributed by atoms with Crippen molar-refractivity contribution in [1.29, 1.82) is 0 Å². The van der Waals surface area contributed by atoms with Crippen LogP contribution in [-0.2, 0) is 4.79 Å². The normalized spacial score (nSPS) is 16.2. The number of amides is 1. The first-order valence-electron chi connectivity index (χ1n) is 6.69. The highest BCUT2D eigenvalue weighted by Gasteiger charge is 2.23. The van der Waals surface area contributed by atoms with Crippen LogP contribution in [0, 0.1) is 12.8 Å². The van der Waals surface area contributed by atoms with Gasteiger partial charge in [-0.15, -0.1) is 0 Å². The van der Waals surface area contributed by atoms with Gasteiger partial charge >= 0.3 is 0 Å². The average Bonchev–Trinajstić information content (AvgIpc) is 2.38. The fraction of sp³-hybridized carbons (Fsp3) is 0.533. The van der Waals surface area contributed by atoms with Crippen LogP contribution in [0.3, 0.4) is 0 Å². The van der Waals surface area contributed by atoms with E-state index in [-0.39, 0.29) is 11.8 Å². The van der Waals surface area contributed by atoms with Crippen LogP contribution in [0.1, 0.15) is 19.4 Å². The maximum Gasteiger partial charge on any atom is 0.225 e. The average molecular weight is 246 g/mol. The molecule has 0 aliphatic carbocycles. The molecule has 1 aromatic carbocycles. The Morgan fingerprint density at radius 2 is 1.72 bits per heavy atom. The van der Waals surface area contributed by atoms with E-state index in [4.69, 9.17) is 0 Å². The van der Waals surface area contributed by atoms with Gasteiger partial charge in [-0.05, 0) is 18.6 Å². The predicted octanol–water partition coefficient (Wildman–Crippen LogP) is 2.30. The minimum absolute atomic E-state index is 0.106. The van der Waals surface area contributed by atoms with Crippen molar-refractivity contribution in [1.82, 2.24) is 4.90 Å². The van der Waals surface area contributed by atoms with Gasteiger partial charge in [0.1, 0.15) is 0 Å². The maximum atomic E-state index is 11.9. The van der Waals surface area contributed by atoms with E-state index in [1.165, 1.54) is 11.3 Å². The number of carbonyl (C=O) groups excluding carboxylic acids is 1. The van der Waals surface area contributed by atoms with E-state index in [1.807, 2.05) is 18.7 Å². The molecule has 18 heavy (non-hydrogen) atoms. The standard InChI is InChI=1S/C15H22N2O/c1-12(2)15(18)17-10-8-16(9-11-17)14-7-5-4-6-13(14)3/h4-7,12H,8-11H2,1-3H3. The first-order chi connectivity index (χ1) is 8.59. The molecule has 2 rings (SSSR count). The van der Waals surface area contributed by atoms with Crippen LogP contribution in [0.15, 0.2) is 24.3 Å². The monoisotopic (exact) mass is 246 g/mol. The highest BCUT2D eigenvalue weighted by molar-refractivity contribution is 5.78. The molecule has 1 aliphatic heterocycles. The van der Waals surface area contributed by atoms with E-state index in [2.05, 4.69) is 36.1 Å². The van der Waals surface area contributed by atoms with E-state index in [0.717, 1.165) is 26.2 Å². The summed E-state index contributed by atoms with van der Waals surface area (Å²) in [4.78, 5) is 16.3. The Labute approximate surface area is 109 Å². The molecule has 0 aromatic heterocycles. The van der Waals surface area contributed by atoms with Crippen LogP contribution >= 0.6 is 0 Å². The second kappa shape index (κ2) is 5.42. The number of aryl methyl sites for hydroxylation is 1. The van der Waals surface area contributed by atoms with Gasteiger partial charge in [0.25, 0.3) is 0 Å². The third kappa shape index (κ3) is 2.66. The topological polar surface area (TPSA) is 23.6 Å². The van der Waals surface area contributed by atoms with Crippen LogP contribution in [0.25, 0.3) is 0 Å². The Kier molecular flexibility index (Phi) is 3.90. The largest absolute Gasteiger partial charge is 0.368 e. The number of nitrogens with zero attached hydrogens (tertiary/aromatic N) is 2. The van der Waals surface area contributed by atoms with Crippen molar-refractivity contribution >= 4 is 11.6 Å². The smallest absolute Gasteiger partial charge is 0.225 e. The van der Waals surface area contributed by atoms with Crippen molar-refractivity contribution in [3.05, 3.63) is 29.8 Å². The third-order valence-corrected chi connectivity index (χ3v) is 3.54. The van der Waals surface area contributed by atoms with Crippen LogP contribution < -0.4 is 4.90 Å². The van der Waals surface area contributed by atoms with Crippen molar-refractivity contribution in [2.75, 3.05) is 31.1 Å². The van der Waals surface area contributed by atoms with E-state index < -0.39 is 0 Å². The minimum atomic E-state index is 0.106. The van der Waals surface area contributed by atoms with Gasteiger partial charge in [-0.3, -0.25) is 4.79 Å². The number of rotatable bonds is 2. The Balaban J connectivity index is 1.99. The molecule has 0 spiro atoms. The Bertz CT molecular complexity index is 420. The number of carbonyl (C=O) groups is 1. The molecule has 0 atom stereocenters. The van der Waals surface area contributed by atoms with Gasteiger partial charge in [-0.1, -0.05) is 32.0 Å². The van der Waals surface area contributed by atoms with Crippen LogP contribution in [-0.4, -0.2) is 37.0 Å². The lowest BCUT2D eigenvalue weighted by atomic mass is 10.1. The summed E-state index contributed by atoms with van der Waals surface area (Å²) in [6, 6.07) is 8.45. The zero-order valence-electron chi connectivity index (χ0n) is 11.5. The molecule has 3 heteroatoms. The number of benzene rings is 1. The van der Waals surface area contributed by atoms with Crippen molar-refractivity contribution < 1.29 is 4.79 Å². The zero-order valence-corrected chi connectivity index (χ0v) is 11.5. The number of hydrogen-bond acceptors (Lipinski definition) is 2. The molecule has 1 amide bonds. The Hall–Kier alpha value is -1.51. The van der Waals surface area contributed by atoms with E-state index >= 15 is 0 Å². The molecule has 1 saturated heterocycles. The zero-order chi connectivity index (χ0) is 13.1. The van der Waals surface area contributed by atoms with Crippen LogP contribution in [0.5, 0.6) is 0 Å². The molecule has 1 fully saturated rings.